The number of aromatic nitrogens is 2. The van der Waals surface area contributed by atoms with Crippen molar-refractivity contribution < 1.29 is 9.53 Å². The van der Waals surface area contributed by atoms with Gasteiger partial charge in [-0.2, -0.15) is 0 Å². The van der Waals surface area contributed by atoms with Crippen LogP contribution in [-0.2, 0) is 6.54 Å². The first kappa shape index (κ1) is 23.2. The highest BCUT2D eigenvalue weighted by atomic mass is 35.5. The molecule has 4 aromatic rings. The van der Waals surface area contributed by atoms with E-state index in [9.17, 15) is 4.79 Å². The van der Waals surface area contributed by atoms with Crippen LogP contribution in [0.5, 0.6) is 5.75 Å². The highest BCUT2D eigenvalue weighted by Gasteiger charge is 2.23. The van der Waals surface area contributed by atoms with Crippen LogP contribution in [-0.4, -0.2) is 22.5 Å². The van der Waals surface area contributed by atoms with E-state index in [0.717, 1.165) is 40.6 Å². The summed E-state index contributed by atoms with van der Waals surface area (Å²) in [5, 5.41) is 1.28. The number of benzene rings is 2. The SMILES string of the molecule is CCCCCOc1cccc(C(=O)N(Cc2cccnc2)c2nc3c(C)cc(Cl)cc3s2)c1. The van der Waals surface area contributed by atoms with E-state index in [1.54, 1.807) is 23.4 Å². The minimum Gasteiger partial charge on any atom is -0.494 e. The fourth-order valence-electron chi connectivity index (χ4n) is 3.58. The second-order valence-electron chi connectivity index (χ2n) is 7.90. The molecule has 2 heterocycles. The van der Waals surface area contributed by atoms with E-state index in [1.807, 2.05) is 49.4 Å². The lowest BCUT2D eigenvalue weighted by Crippen LogP contribution is -2.30. The molecule has 1 amide bonds. The van der Waals surface area contributed by atoms with E-state index in [0.29, 0.717) is 34.6 Å². The Morgan fingerprint density at radius 2 is 2.03 bits per heavy atom. The summed E-state index contributed by atoms with van der Waals surface area (Å²) >= 11 is 7.71. The van der Waals surface area contributed by atoms with Gasteiger partial charge in [0.15, 0.2) is 5.13 Å². The number of carbonyl (C=O) groups excluding carboxylic acids is 1. The number of pyridine rings is 1. The number of carbonyl (C=O) groups is 1. The van der Waals surface area contributed by atoms with Crippen molar-refractivity contribution in [3.63, 3.8) is 0 Å². The van der Waals surface area contributed by atoms with E-state index < -0.39 is 0 Å². The minimum absolute atomic E-state index is 0.138. The first-order valence-corrected chi connectivity index (χ1v) is 12.2. The monoisotopic (exact) mass is 479 g/mol. The molecule has 0 unspecified atom stereocenters. The molecule has 0 N–H and O–H groups in total. The Morgan fingerprint density at radius 3 is 2.82 bits per heavy atom. The van der Waals surface area contributed by atoms with Crippen LogP contribution in [0.3, 0.4) is 0 Å². The van der Waals surface area contributed by atoms with Gasteiger partial charge >= 0.3 is 0 Å². The molecule has 33 heavy (non-hydrogen) atoms. The molecule has 0 spiro atoms. The molecule has 0 saturated heterocycles. The number of anilines is 1. The quantitative estimate of drug-likeness (QED) is 0.241. The van der Waals surface area contributed by atoms with Gasteiger partial charge in [0.2, 0.25) is 0 Å². The summed E-state index contributed by atoms with van der Waals surface area (Å²) in [5.41, 5.74) is 3.32. The predicted octanol–water partition coefficient (Wildman–Crippen LogP) is 7.07. The highest BCUT2D eigenvalue weighted by molar-refractivity contribution is 7.22. The topological polar surface area (TPSA) is 55.3 Å². The van der Waals surface area contributed by atoms with Gasteiger partial charge in [0.1, 0.15) is 5.75 Å². The normalized spacial score (nSPS) is 11.0. The number of thiazole rings is 1. The van der Waals surface area contributed by atoms with Crippen molar-refractivity contribution in [2.75, 3.05) is 11.5 Å². The number of nitrogens with zero attached hydrogens (tertiary/aromatic N) is 3. The van der Waals surface area contributed by atoms with Crippen LogP contribution in [0.2, 0.25) is 5.02 Å². The number of amides is 1. The summed E-state index contributed by atoms with van der Waals surface area (Å²) in [6.45, 7) is 5.14. The summed E-state index contributed by atoms with van der Waals surface area (Å²) in [4.78, 5) is 24.4. The molecule has 5 nitrogen and oxygen atoms in total. The van der Waals surface area contributed by atoms with Crippen molar-refractivity contribution in [3.05, 3.63) is 82.6 Å². The fourth-order valence-corrected chi connectivity index (χ4v) is 4.99. The Hall–Kier alpha value is -2.96. The van der Waals surface area contributed by atoms with Gasteiger partial charge < -0.3 is 4.74 Å². The molecule has 0 radical (unpaired) electrons. The summed E-state index contributed by atoms with van der Waals surface area (Å²) in [6.07, 6.45) is 6.74. The summed E-state index contributed by atoms with van der Waals surface area (Å²) in [7, 11) is 0. The molecule has 2 aromatic carbocycles. The Kier molecular flexibility index (Phi) is 7.57. The number of unbranched alkanes of at least 4 members (excludes halogenated alkanes) is 2. The molecule has 170 valence electrons. The van der Waals surface area contributed by atoms with Crippen LogP contribution in [0.15, 0.2) is 60.9 Å². The highest BCUT2D eigenvalue weighted by Crippen LogP contribution is 2.34. The lowest BCUT2D eigenvalue weighted by atomic mass is 10.1. The summed E-state index contributed by atoms with van der Waals surface area (Å²) < 4.78 is 6.82. The number of rotatable bonds is 9. The van der Waals surface area contributed by atoms with Crippen molar-refractivity contribution >= 4 is 44.2 Å². The van der Waals surface area contributed by atoms with Crippen LogP contribution < -0.4 is 9.64 Å². The van der Waals surface area contributed by atoms with E-state index in [-0.39, 0.29) is 5.91 Å². The third kappa shape index (κ3) is 5.70. The zero-order valence-corrected chi connectivity index (χ0v) is 20.3. The first-order valence-electron chi connectivity index (χ1n) is 11.1. The van der Waals surface area contributed by atoms with Crippen molar-refractivity contribution in [3.8, 4) is 5.75 Å². The lowest BCUT2D eigenvalue weighted by Gasteiger charge is -2.20. The molecule has 2 aromatic heterocycles. The molecule has 0 atom stereocenters. The van der Waals surface area contributed by atoms with Crippen molar-refractivity contribution in [2.45, 2.75) is 39.7 Å². The van der Waals surface area contributed by atoms with Crippen LogP contribution in [0.1, 0.15) is 47.7 Å². The van der Waals surface area contributed by atoms with Crippen LogP contribution in [0.25, 0.3) is 10.2 Å². The zero-order chi connectivity index (χ0) is 23.2. The van der Waals surface area contributed by atoms with Gasteiger partial charge in [0.25, 0.3) is 5.91 Å². The molecule has 0 bridgehead atoms. The van der Waals surface area contributed by atoms with E-state index in [4.69, 9.17) is 21.3 Å². The van der Waals surface area contributed by atoms with Crippen LogP contribution >= 0.6 is 22.9 Å². The molecule has 4 rings (SSSR count). The molecule has 0 fully saturated rings. The van der Waals surface area contributed by atoms with Gasteiger partial charge in [-0.25, -0.2) is 4.98 Å². The number of fused-ring (bicyclic) bond motifs is 1. The minimum atomic E-state index is -0.138. The van der Waals surface area contributed by atoms with Gasteiger partial charge in [-0.1, -0.05) is 54.8 Å². The van der Waals surface area contributed by atoms with Crippen LogP contribution in [0, 0.1) is 6.92 Å². The smallest absolute Gasteiger partial charge is 0.260 e. The maximum atomic E-state index is 13.7. The fraction of sp³-hybridized carbons (Fsp3) is 0.269. The number of hydrogen-bond acceptors (Lipinski definition) is 5. The predicted molar refractivity (Wildman–Crippen MR) is 136 cm³/mol. The van der Waals surface area contributed by atoms with E-state index >= 15 is 0 Å². The molecular weight excluding hydrogens is 454 g/mol. The maximum absolute atomic E-state index is 13.7. The lowest BCUT2D eigenvalue weighted by molar-refractivity contribution is 0.0984. The Balaban J connectivity index is 1.67. The molecular formula is C26H26ClN3O2S. The summed E-state index contributed by atoms with van der Waals surface area (Å²) in [5.74, 6) is 0.561. The zero-order valence-electron chi connectivity index (χ0n) is 18.8. The Labute approximate surface area is 203 Å². The average Bonchev–Trinajstić information content (AvgIpc) is 3.25. The second kappa shape index (κ2) is 10.8. The Morgan fingerprint density at radius 1 is 1.15 bits per heavy atom. The maximum Gasteiger partial charge on any atom is 0.260 e. The number of aryl methyl sites for hydroxylation is 1. The number of hydrogen-bond donors (Lipinski definition) is 0. The van der Waals surface area contributed by atoms with Gasteiger partial charge in [0.05, 0.1) is 23.4 Å². The van der Waals surface area contributed by atoms with Crippen molar-refractivity contribution in [2.24, 2.45) is 0 Å². The van der Waals surface area contributed by atoms with E-state index in [1.165, 1.54) is 11.3 Å². The molecule has 0 aliphatic carbocycles. The molecule has 0 saturated carbocycles. The Bertz CT molecular complexity index is 1240. The second-order valence-corrected chi connectivity index (χ2v) is 9.35. The van der Waals surface area contributed by atoms with Gasteiger partial charge in [0, 0.05) is 23.0 Å². The number of halogens is 1. The van der Waals surface area contributed by atoms with E-state index in [2.05, 4.69) is 11.9 Å². The third-order valence-corrected chi connectivity index (χ3v) is 6.52. The van der Waals surface area contributed by atoms with Crippen molar-refractivity contribution in [1.29, 1.82) is 0 Å². The van der Waals surface area contributed by atoms with Gasteiger partial charge in [-0.05, 0) is 60.9 Å². The molecule has 0 aliphatic rings. The molecule has 7 heteroatoms. The van der Waals surface area contributed by atoms with Gasteiger partial charge in [-0.3, -0.25) is 14.7 Å². The van der Waals surface area contributed by atoms with Gasteiger partial charge in [-0.15, -0.1) is 0 Å². The van der Waals surface area contributed by atoms with Crippen molar-refractivity contribution in [1.82, 2.24) is 9.97 Å². The third-order valence-electron chi connectivity index (χ3n) is 5.28. The largest absolute Gasteiger partial charge is 0.494 e. The van der Waals surface area contributed by atoms with Crippen LogP contribution in [0.4, 0.5) is 5.13 Å². The standard InChI is InChI=1S/C26H26ClN3O2S/c1-3-4-5-12-32-22-10-6-9-20(14-22)25(31)30(17-19-8-7-11-28-16-19)26-29-24-18(2)13-21(27)15-23(24)33-26/h6-11,13-16H,3-5,12,17H2,1-2H3. The number of ether oxygens (including phenoxy) is 1. The summed E-state index contributed by atoms with van der Waals surface area (Å²) in [6, 6.07) is 15.0. The molecule has 0 aliphatic heterocycles. The first-order chi connectivity index (χ1) is 16.0. The average molecular weight is 480 g/mol.